The van der Waals surface area contributed by atoms with Crippen LogP contribution in [-0.4, -0.2) is 68.0 Å². The highest BCUT2D eigenvalue weighted by molar-refractivity contribution is 7.89. The molecule has 2 rings (SSSR count). The molecule has 1 fully saturated rings. The highest BCUT2D eigenvalue weighted by Crippen LogP contribution is 2.25. The summed E-state index contributed by atoms with van der Waals surface area (Å²) in [5.74, 6) is 0. The Balaban J connectivity index is 0.00000264. The molecule has 0 bridgehead atoms. The van der Waals surface area contributed by atoms with Gasteiger partial charge in [-0.05, 0) is 6.07 Å². The SMILES string of the molecule is Cl.Cn1nccc1S(=O)(=O)NCC(N1CCNCC1)C(F)(F)F. The lowest BCUT2D eigenvalue weighted by Crippen LogP contribution is -2.57. The van der Waals surface area contributed by atoms with E-state index in [1.54, 1.807) is 0 Å². The molecule has 0 spiro atoms. The number of piperazine rings is 1. The molecule has 0 aromatic carbocycles. The molecule has 1 atom stereocenters. The van der Waals surface area contributed by atoms with Crippen molar-refractivity contribution in [1.82, 2.24) is 24.7 Å². The maximum absolute atomic E-state index is 13.2. The molecule has 0 saturated carbocycles. The van der Waals surface area contributed by atoms with E-state index in [-0.39, 0.29) is 30.5 Å². The van der Waals surface area contributed by atoms with Gasteiger partial charge in [-0.15, -0.1) is 12.4 Å². The first kappa shape index (κ1) is 20.2. The molecular weight excluding hydrogens is 359 g/mol. The molecule has 1 aromatic rings. The number of rotatable bonds is 5. The van der Waals surface area contributed by atoms with Crippen molar-refractivity contribution in [2.45, 2.75) is 17.2 Å². The Bertz CT molecular complexity index is 601. The third kappa shape index (κ3) is 5.05. The van der Waals surface area contributed by atoms with Gasteiger partial charge in [-0.3, -0.25) is 9.58 Å². The molecule has 1 unspecified atom stereocenters. The van der Waals surface area contributed by atoms with Gasteiger partial charge in [-0.2, -0.15) is 18.3 Å². The molecule has 1 aromatic heterocycles. The Kier molecular flexibility index (Phi) is 6.83. The number of hydrogen-bond donors (Lipinski definition) is 2. The third-order valence-corrected chi connectivity index (χ3v) is 4.99. The fraction of sp³-hybridized carbons (Fsp3) is 0.727. The van der Waals surface area contributed by atoms with Crippen LogP contribution in [0.4, 0.5) is 13.2 Å². The van der Waals surface area contributed by atoms with Crippen molar-refractivity contribution in [2.24, 2.45) is 7.05 Å². The zero-order valence-electron chi connectivity index (χ0n) is 12.4. The summed E-state index contributed by atoms with van der Waals surface area (Å²) in [4.78, 5) is 1.24. The molecule has 2 N–H and O–H groups in total. The second-order valence-corrected chi connectivity index (χ2v) is 6.70. The van der Waals surface area contributed by atoms with Gasteiger partial charge in [0.2, 0.25) is 0 Å². The lowest BCUT2D eigenvalue weighted by molar-refractivity contribution is -0.182. The average Bonchev–Trinajstić information content (AvgIpc) is 2.85. The number of halogens is 4. The number of nitrogens with zero attached hydrogens (tertiary/aromatic N) is 3. The number of sulfonamides is 1. The van der Waals surface area contributed by atoms with Crippen molar-refractivity contribution in [3.05, 3.63) is 12.3 Å². The van der Waals surface area contributed by atoms with E-state index in [4.69, 9.17) is 0 Å². The van der Waals surface area contributed by atoms with E-state index in [9.17, 15) is 21.6 Å². The van der Waals surface area contributed by atoms with Crippen LogP contribution < -0.4 is 10.0 Å². The van der Waals surface area contributed by atoms with Crippen LogP contribution in [0.2, 0.25) is 0 Å². The summed E-state index contributed by atoms with van der Waals surface area (Å²) < 4.78 is 66.8. The van der Waals surface area contributed by atoms with Crippen LogP contribution in [0.5, 0.6) is 0 Å². The minimum Gasteiger partial charge on any atom is -0.314 e. The van der Waals surface area contributed by atoms with E-state index < -0.39 is 28.8 Å². The Morgan fingerprint density at radius 3 is 2.48 bits per heavy atom. The van der Waals surface area contributed by atoms with Gasteiger partial charge in [0, 0.05) is 39.8 Å². The van der Waals surface area contributed by atoms with Crippen molar-refractivity contribution < 1.29 is 21.6 Å². The molecule has 0 radical (unpaired) electrons. The van der Waals surface area contributed by atoms with E-state index in [0.29, 0.717) is 13.1 Å². The van der Waals surface area contributed by atoms with Gasteiger partial charge in [0.15, 0.2) is 5.03 Å². The van der Waals surface area contributed by atoms with Gasteiger partial charge in [0.05, 0.1) is 6.20 Å². The monoisotopic (exact) mass is 377 g/mol. The quantitative estimate of drug-likeness (QED) is 0.752. The second-order valence-electron chi connectivity index (χ2n) is 4.99. The van der Waals surface area contributed by atoms with E-state index in [0.717, 1.165) is 4.68 Å². The number of aromatic nitrogens is 2. The second kappa shape index (κ2) is 7.79. The van der Waals surface area contributed by atoms with Crippen LogP contribution in [0.1, 0.15) is 0 Å². The third-order valence-electron chi connectivity index (χ3n) is 3.49. The topological polar surface area (TPSA) is 79.3 Å². The van der Waals surface area contributed by atoms with Crippen molar-refractivity contribution >= 4 is 22.4 Å². The van der Waals surface area contributed by atoms with Crippen molar-refractivity contribution in [1.29, 1.82) is 0 Å². The molecule has 1 saturated heterocycles. The van der Waals surface area contributed by atoms with E-state index in [1.807, 2.05) is 4.72 Å². The number of aryl methyl sites for hydroxylation is 1. The van der Waals surface area contributed by atoms with Crippen LogP contribution in [0.15, 0.2) is 17.3 Å². The Morgan fingerprint density at radius 1 is 1.39 bits per heavy atom. The number of alkyl halides is 3. The largest absolute Gasteiger partial charge is 0.405 e. The first-order valence-electron chi connectivity index (χ1n) is 6.71. The predicted molar refractivity (Wildman–Crippen MR) is 79.9 cm³/mol. The lowest BCUT2D eigenvalue weighted by Gasteiger charge is -2.35. The minimum atomic E-state index is -4.51. The molecule has 23 heavy (non-hydrogen) atoms. The highest BCUT2D eigenvalue weighted by Gasteiger charge is 2.44. The first-order valence-corrected chi connectivity index (χ1v) is 8.19. The molecular formula is C11H19ClF3N5O2S. The Morgan fingerprint density at radius 2 is 2.00 bits per heavy atom. The molecule has 1 aliphatic heterocycles. The zero-order valence-corrected chi connectivity index (χ0v) is 14.0. The average molecular weight is 378 g/mol. The van der Waals surface area contributed by atoms with Crippen LogP contribution in [0.25, 0.3) is 0 Å². The molecule has 1 aliphatic rings. The Labute approximate surface area is 138 Å². The van der Waals surface area contributed by atoms with E-state index in [1.165, 1.54) is 24.2 Å². The lowest BCUT2D eigenvalue weighted by atomic mass is 10.2. The Hall–Kier alpha value is -0.880. The highest BCUT2D eigenvalue weighted by atomic mass is 35.5. The van der Waals surface area contributed by atoms with Gasteiger partial charge in [-0.25, -0.2) is 13.1 Å². The maximum Gasteiger partial charge on any atom is 0.405 e. The standard InChI is InChI=1S/C11H18F3N5O2S.ClH/c1-18-10(2-3-16-18)22(20,21)17-8-9(11(12,13)14)19-6-4-15-5-7-19;/h2-3,9,15,17H,4-8H2,1H3;1H. The number of nitrogens with one attached hydrogen (secondary N) is 2. The summed E-state index contributed by atoms with van der Waals surface area (Å²) in [5.41, 5.74) is 0. The normalized spacial score (nSPS) is 18.4. The van der Waals surface area contributed by atoms with Gasteiger partial charge < -0.3 is 5.32 Å². The molecule has 2 heterocycles. The number of hydrogen-bond acceptors (Lipinski definition) is 5. The van der Waals surface area contributed by atoms with Crippen molar-refractivity contribution in [2.75, 3.05) is 32.7 Å². The van der Waals surface area contributed by atoms with Crippen LogP contribution in [0, 0.1) is 0 Å². The maximum atomic E-state index is 13.2. The zero-order chi connectivity index (χ0) is 16.4. The fourth-order valence-electron chi connectivity index (χ4n) is 2.33. The minimum absolute atomic E-state index is 0. The van der Waals surface area contributed by atoms with Gasteiger partial charge in [0.25, 0.3) is 10.0 Å². The van der Waals surface area contributed by atoms with Crippen molar-refractivity contribution in [3.63, 3.8) is 0 Å². The smallest absolute Gasteiger partial charge is 0.314 e. The summed E-state index contributed by atoms with van der Waals surface area (Å²) in [6.45, 7) is 0.606. The summed E-state index contributed by atoms with van der Waals surface area (Å²) >= 11 is 0. The molecule has 7 nitrogen and oxygen atoms in total. The summed E-state index contributed by atoms with van der Waals surface area (Å²) in [7, 11) is -2.62. The van der Waals surface area contributed by atoms with Gasteiger partial charge >= 0.3 is 6.18 Å². The molecule has 134 valence electrons. The van der Waals surface area contributed by atoms with Crippen molar-refractivity contribution in [3.8, 4) is 0 Å². The van der Waals surface area contributed by atoms with Crippen LogP contribution in [0.3, 0.4) is 0 Å². The molecule has 0 aliphatic carbocycles. The summed E-state index contributed by atoms with van der Waals surface area (Å²) in [6.07, 6.45) is -3.24. The molecule has 0 amide bonds. The summed E-state index contributed by atoms with van der Waals surface area (Å²) in [5, 5.41) is 6.50. The van der Waals surface area contributed by atoms with Gasteiger partial charge in [-0.1, -0.05) is 0 Å². The summed E-state index contributed by atoms with van der Waals surface area (Å²) in [6, 6.07) is -0.618. The van der Waals surface area contributed by atoms with E-state index >= 15 is 0 Å². The van der Waals surface area contributed by atoms with E-state index in [2.05, 4.69) is 10.4 Å². The van der Waals surface area contributed by atoms with Crippen LogP contribution in [-0.2, 0) is 17.1 Å². The first-order chi connectivity index (χ1) is 10.2. The van der Waals surface area contributed by atoms with Crippen LogP contribution >= 0.6 is 12.4 Å². The molecule has 12 heteroatoms. The fourth-order valence-corrected chi connectivity index (χ4v) is 3.49. The predicted octanol–water partition coefficient (Wildman–Crippen LogP) is -0.0437. The van der Waals surface area contributed by atoms with Gasteiger partial charge in [0.1, 0.15) is 6.04 Å².